The lowest BCUT2D eigenvalue weighted by Crippen LogP contribution is -2.13. The molecule has 4 rings (SSSR count). The smallest absolute Gasteiger partial charge is 0.277 e. The molecule has 1 amide bonds. The highest BCUT2D eigenvalue weighted by atomic mass is 32.2. The number of rotatable bonds is 6. The van der Waals surface area contributed by atoms with E-state index in [1.165, 1.54) is 23.5 Å². The Kier molecular flexibility index (Phi) is 5.22. The number of carbonyl (C=O) groups is 1. The van der Waals surface area contributed by atoms with Gasteiger partial charge in [0.2, 0.25) is 5.91 Å². The summed E-state index contributed by atoms with van der Waals surface area (Å²) in [7, 11) is 1.56. The van der Waals surface area contributed by atoms with Crippen LogP contribution in [0.1, 0.15) is 0 Å². The first-order valence-corrected chi connectivity index (χ1v) is 9.88. The fourth-order valence-corrected chi connectivity index (χ4v) is 3.90. The second-order valence-corrected chi connectivity index (χ2v) is 7.50. The summed E-state index contributed by atoms with van der Waals surface area (Å²) in [6.07, 6.45) is 0. The van der Waals surface area contributed by atoms with Crippen molar-refractivity contribution in [1.82, 2.24) is 15.2 Å². The fourth-order valence-electron chi connectivity index (χ4n) is 2.43. The summed E-state index contributed by atoms with van der Waals surface area (Å²) in [5, 5.41) is 11.3. The number of methoxy groups -OCH3 is 1. The molecule has 0 aliphatic rings. The number of carbonyl (C=O) groups excluding carboxylic acids is 1. The van der Waals surface area contributed by atoms with Crippen molar-refractivity contribution in [3.05, 3.63) is 48.3 Å². The van der Waals surface area contributed by atoms with Gasteiger partial charge in [0.05, 0.1) is 28.6 Å². The monoisotopic (exact) mass is 416 g/mol. The van der Waals surface area contributed by atoms with Gasteiger partial charge in [-0.25, -0.2) is 9.37 Å². The van der Waals surface area contributed by atoms with Crippen molar-refractivity contribution in [2.45, 2.75) is 5.22 Å². The van der Waals surface area contributed by atoms with E-state index in [0.29, 0.717) is 32.6 Å². The van der Waals surface area contributed by atoms with Crippen LogP contribution in [0.3, 0.4) is 0 Å². The number of nitrogens with zero attached hydrogens (tertiary/aromatic N) is 3. The number of amides is 1. The zero-order valence-electron chi connectivity index (χ0n) is 14.5. The zero-order valence-corrected chi connectivity index (χ0v) is 16.1. The van der Waals surface area contributed by atoms with Crippen molar-refractivity contribution in [2.24, 2.45) is 0 Å². The summed E-state index contributed by atoms with van der Waals surface area (Å²) in [5.74, 6) is 0.382. The van der Waals surface area contributed by atoms with Gasteiger partial charge in [-0.05, 0) is 30.3 Å². The second kappa shape index (κ2) is 7.95. The maximum atomic E-state index is 13.2. The molecule has 0 saturated heterocycles. The molecule has 10 heteroatoms. The van der Waals surface area contributed by atoms with Gasteiger partial charge in [-0.3, -0.25) is 4.79 Å². The third-order valence-electron chi connectivity index (χ3n) is 3.67. The van der Waals surface area contributed by atoms with Crippen LogP contribution in [0, 0.1) is 5.82 Å². The highest BCUT2D eigenvalue weighted by molar-refractivity contribution is 7.99. The number of nitrogens with one attached hydrogen (secondary N) is 1. The van der Waals surface area contributed by atoms with Gasteiger partial charge in [0, 0.05) is 0 Å². The molecule has 4 aromatic rings. The molecule has 0 aliphatic heterocycles. The largest absolute Gasteiger partial charge is 0.496 e. The number of aromatic nitrogens is 3. The highest BCUT2D eigenvalue weighted by Crippen LogP contribution is 2.30. The number of ether oxygens (including phenoxy) is 1. The molecule has 0 bridgehead atoms. The molecule has 142 valence electrons. The SMILES string of the molecule is COc1ccccc1-c1nnc(SCC(=O)Nc2nc3ccc(F)cc3s2)o1. The quantitative estimate of drug-likeness (QED) is 0.471. The Labute approximate surface area is 166 Å². The van der Waals surface area contributed by atoms with E-state index in [4.69, 9.17) is 9.15 Å². The highest BCUT2D eigenvalue weighted by Gasteiger charge is 2.15. The van der Waals surface area contributed by atoms with E-state index in [0.717, 1.165) is 11.8 Å². The topological polar surface area (TPSA) is 90.1 Å². The average Bonchev–Trinajstić information content (AvgIpc) is 3.32. The summed E-state index contributed by atoms with van der Waals surface area (Å²) < 4.78 is 24.8. The molecule has 1 N–H and O–H groups in total. The summed E-state index contributed by atoms with van der Waals surface area (Å²) >= 11 is 2.32. The molecule has 0 atom stereocenters. The van der Waals surface area contributed by atoms with E-state index in [9.17, 15) is 9.18 Å². The van der Waals surface area contributed by atoms with Crippen molar-refractivity contribution in [3.63, 3.8) is 0 Å². The lowest BCUT2D eigenvalue weighted by molar-refractivity contribution is -0.113. The van der Waals surface area contributed by atoms with Gasteiger partial charge in [-0.2, -0.15) is 0 Å². The molecule has 0 spiro atoms. The minimum Gasteiger partial charge on any atom is -0.496 e. The minimum absolute atomic E-state index is 0.0673. The molecule has 2 heterocycles. The van der Waals surface area contributed by atoms with Gasteiger partial charge in [0.1, 0.15) is 11.6 Å². The van der Waals surface area contributed by atoms with Crippen molar-refractivity contribution >= 4 is 44.4 Å². The predicted octanol–water partition coefficient (Wildman–Crippen LogP) is 4.22. The van der Waals surface area contributed by atoms with E-state index in [1.54, 1.807) is 19.2 Å². The number of anilines is 1. The number of para-hydroxylation sites is 1. The normalized spacial score (nSPS) is 10.9. The predicted molar refractivity (Wildman–Crippen MR) is 105 cm³/mol. The number of fused-ring (bicyclic) bond motifs is 1. The Morgan fingerprint density at radius 2 is 2.14 bits per heavy atom. The van der Waals surface area contributed by atoms with Crippen LogP contribution in [0.25, 0.3) is 21.7 Å². The molecule has 0 aliphatic carbocycles. The van der Waals surface area contributed by atoms with Crippen LogP contribution in [0.2, 0.25) is 0 Å². The van der Waals surface area contributed by atoms with E-state index in [-0.39, 0.29) is 22.7 Å². The van der Waals surface area contributed by atoms with Crippen LogP contribution in [0.15, 0.2) is 52.1 Å². The second-order valence-electron chi connectivity index (χ2n) is 5.54. The van der Waals surface area contributed by atoms with E-state index in [2.05, 4.69) is 20.5 Å². The van der Waals surface area contributed by atoms with Gasteiger partial charge in [0.15, 0.2) is 5.13 Å². The Morgan fingerprint density at radius 1 is 1.29 bits per heavy atom. The first-order chi connectivity index (χ1) is 13.6. The maximum Gasteiger partial charge on any atom is 0.277 e. The van der Waals surface area contributed by atoms with Gasteiger partial charge < -0.3 is 14.5 Å². The third-order valence-corrected chi connectivity index (χ3v) is 5.42. The van der Waals surface area contributed by atoms with Crippen molar-refractivity contribution in [2.75, 3.05) is 18.2 Å². The molecular weight excluding hydrogens is 403 g/mol. The minimum atomic E-state index is -0.341. The van der Waals surface area contributed by atoms with Gasteiger partial charge >= 0.3 is 0 Å². The molecule has 0 radical (unpaired) electrons. The summed E-state index contributed by atoms with van der Waals surface area (Å²) in [6, 6.07) is 11.6. The van der Waals surface area contributed by atoms with E-state index >= 15 is 0 Å². The van der Waals surface area contributed by atoms with Crippen LogP contribution in [-0.2, 0) is 4.79 Å². The number of halogens is 1. The standard InChI is InChI=1S/C18H13FN4O3S2/c1-25-13-5-3-2-4-11(13)16-22-23-18(26-16)27-9-15(24)21-17-20-12-7-6-10(19)8-14(12)28-17/h2-8H,9H2,1H3,(H,20,21,24). The number of hydrogen-bond donors (Lipinski definition) is 1. The molecule has 2 aromatic carbocycles. The lowest BCUT2D eigenvalue weighted by atomic mass is 10.2. The number of thiazole rings is 1. The molecular formula is C18H13FN4O3S2. The van der Waals surface area contributed by atoms with Gasteiger partial charge in [-0.1, -0.05) is 35.2 Å². The Morgan fingerprint density at radius 3 is 3.00 bits per heavy atom. The first kappa shape index (κ1) is 18.4. The van der Waals surface area contributed by atoms with Crippen LogP contribution in [0.4, 0.5) is 9.52 Å². The van der Waals surface area contributed by atoms with Gasteiger partial charge in [-0.15, -0.1) is 10.2 Å². The lowest BCUT2D eigenvalue weighted by Gasteiger charge is -2.03. The molecule has 0 unspecified atom stereocenters. The summed E-state index contributed by atoms with van der Waals surface area (Å²) in [4.78, 5) is 16.4. The van der Waals surface area contributed by atoms with Gasteiger partial charge in [0.25, 0.3) is 11.1 Å². The van der Waals surface area contributed by atoms with E-state index in [1.807, 2.05) is 18.2 Å². The molecule has 0 saturated carbocycles. The summed E-state index contributed by atoms with van der Waals surface area (Å²) in [6.45, 7) is 0. The molecule has 28 heavy (non-hydrogen) atoms. The molecule has 2 aromatic heterocycles. The molecule has 7 nitrogen and oxygen atoms in total. The Bertz CT molecular complexity index is 1140. The van der Waals surface area contributed by atoms with Crippen LogP contribution < -0.4 is 10.1 Å². The molecule has 0 fully saturated rings. The van der Waals surface area contributed by atoms with Crippen LogP contribution in [0.5, 0.6) is 5.75 Å². The van der Waals surface area contributed by atoms with Crippen LogP contribution in [-0.4, -0.2) is 34.0 Å². The average molecular weight is 416 g/mol. The van der Waals surface area contributed by atoms with Crippen molar-refractivity contribution in [3.8, 4) is 17.2 Å². The van der Waals surface area contributed by atoms with Crippen molar-refractivity contribution in [1.29, 1.82) is 0 Å². The Balaban J connectivity index is 1.39. The summed E-state index contributed by atoms with van der Waals surface area (Å²) in [5.41, 5.74) is 1.31. The third kappa shape index (κ3) is 3.97. The zero-order chi connectivity index (χ0) is 19.5. The number of thioether (sulfide) groups is 1. The number of benzene rings is 2. The fraction of sp³-hybridized carbons (Fsp3) is 0.111. The van der Waals surface area contributed by atoms with E-state index < -0.39 is 0 Å². The first-order valence-electron chi connectivity index (χ1n) is 8.08. The maximum absolute atomic E-state index is 13.2. The Hall–Kier alpha value is -2.98. The van der Waals surface area contributed by atoms with Crippen molar-refractivity contribution < 1.29 is 18.3 Å². The van der Waals surface area contributed by atoms with Crippen LogP contribution >= 0.6 is 23.1 Å². The number of hydrogen-bond acceptors (Lipinski definition) is 8.